The number of ketones is 1. The van der Waals surface area contributed by atoms with E-state index in [0.29, 0.717) is 17.0 Å². The minimum absolute atomic E-state index is 0.00164. The average molecular weight is 473 g/mol. The highest BCUT2D eigenvalue weighted by Crippen LogP contribution is 2.36. The maximum atomic E-state index is 13.0. The van der Waals surface area contributed by atoms with Crippen molar-refractivity contribution in [3.63, 3.8) is 0 Å². The van der Waals surface area contributed by atoms with Crippen LogP contribution in [-0.4, -0.2) is 24.5 Å². The van der Waals surface area contributed by atoms with Crippen molar-refractivity contribution in [2.75, 3.05) is 6.79 Å². The summed E-state index contributed by atoms with van der Waals surface area (Å²) in [5.41, 5.74) is 1.04. The van der Waals surface area contributed by atoms with Gasteiger partial charge in [0.2, 0.25) is 6.79 Å². The zero-order valence-corrected chi connectivity index (χ0v) is 21.0. The molecule has 6 heteroatoms. The highest BCUT2D eigenvalue weighted by molar-refractivity contribution is 6.30. The molecule has 0 spiro atoms. The first-order chi connectivity index (χ1) is 15.3. The van der Waals surface area contributed by atoms with E-state index in [9.17, 15) is 14.4 Å². The van der Waals surface area contributed by atoms with E-state index in [1.807, 2.05) is 43.3 Å². The second-order valence-corrected chi connectivity index (χ2v) is 10.5. The predicted octanol–water partition coefficient (Wildman–Crippen LogP) is 6.51. The lowest BCUT2D eigenvalue weighted by molar-refractivity contribution is -0.178. The number of carbonyl (C=O) groups excluding carboxylic acids is 3. The molecule has 1 unspecified atom stereocenters. The zero-order chi connectivity index (χ0) is 24.8. The third kappa shape index (κ3) is 8.01. The number of esters is 2. The molecule has 0 N–H and O–H groups in total. The molecule has 33 heavy (non-hydrogen) atoms. The molecule has 2 aromatic carbocycles. The Hall–Kier alpha value is -2.66. The van der Waals surface area contributed by atoms with Crippen LogP contribution in [0.2, 0.25) is 5.02 Å². The van der Waals surface area contributed by atoms with Gasteiger partial charge >= 0.3 is 11.9 Å². The number of hydrogen-bond donors (Lipinski definition) is 0. The highest BCUT2D eigenvalue weighted by Gasteiger charge is 2.34. The molecule has 178 valence electrons. The number of ether oxygens (including phenoxy) is 2. The van der Waals surface area contributed by atoms with Crippen LogP contribution in [0.1, 0.15) is 74.9 Å². The summed E-state index contributed by atoms with van der Waals surface area (Å²) in [5, 5.41) is 0.599. The van der Waals surface area contributed by atoms with Crippen molar-refractivity contribution in [2.45, 2.75) is 60.3 Å². The minimum Gasteiger partial charge on any atom is -0.427 e. The van der Waals surface area contributed by atoms with Crippen molar-refractivity contribution in [3.05, 3.63) is 70.2 Å². The Kier molecular flexibility index (Phi) is 8.84. The monoisotopic (exact) mass is 472 g/mol. The smallest absolute Gasteiger partial charge is 0.314 e. The summed E-state index contributed by atoms with van der Waals surface area (Å²) in [6, 6.07) is 14.8. The number of hydrogen-bond acceptors (Lipinski definition) is 5. The van der Waals surface area contributed by atoms with Crippen molar-refractivity contribution >= 4 is 29.3 Å². The van der Waals surface area contributed by atoms with Crippen LogP contribution in [0.3, 0.4) is 0 Å². The number of Topliss-reactive ketones (excluding diaryl/α,β-unsaturated/α-hetero) is 1. The molecule has 5 nitrogen and oxygen atoms in total. The summed E-state index contributed by atoms with van der Waals surface area (Å²) in [7, 11) is 0. The van der Waals surface area contributed by atoms with Gasteiger partial charge in [0.1, 0.15) is 0 Å². The Labute approximate surface area is 201 Å². The third-order valence-corrected chi connectivity index (χ3v) is 5.70. The first-order valence-corrected chi connectivity index (χ1v) is 11.4. The van der Waals surface area contributed by atoms with Gasteiger partial charge in [-0.15, -0.1) is 0 Å². The molecule has 0 heterocycles. The first kappa shape index (κ1) is 26.6. The average Bonchev–Trinajstić information content (AvgIpc) is 2.73. The minimum atomic E-state index is -0.911. The van der Waals surface area contributed by atoms with Crippen LogP contribution < -0.4 is 0 Å². The van der Waals surface area contributed by atoms with Gasteiger partial charge in [-0.1, -0.05) is 53.6 Å². The first-order valence-electron chi connectivity index (χ1n) is 11.0. The van der Waals surface area contributed by atoms with Gasteiger partial charge in [0.15, 0.2) is 5.78 Å². The summed E-state index contributed by atoms with van der Waals surface area (Å²) in [4.78, 5) is 37.7. The number of carbonyl (C=O) groups is 3. The maximum absolute atomic E-state index is 13.0. The van der Waals surface area contributed by atoms with Crippen molar-refractivity contribution in [1.29, 1.82) is 0 Å². The van der Waals surface area contributed by atoms with Gasteiger partial charge in [0.05, 0.1) is 10.8 Å². The Balaban J connectivity index is 2.14. The normalized spacial score (nSPS) is 12.7. The zero-order valence-electron chi connectivity index (χ0n) is 20.2. The van der Waals surface area contributed by atoms with Crippen molar-refractivity contribution in [1.82, 2.24) is 0 Å². The number of aryl methyl sites for hydroxylation is 1. The second kappa shape index (κ2) is 11.0. The van der Waals surface area contributed by atoms with E-state index in [1.165, 1.54) is 0 Å². The molecule has 0 radical (unpaired) electrons. The largest absolute Gasteiger partial charge is 0.427 e. The molecule has 1 atom stereocenters. The van der Waals surface area contributed by atoms with Crippen molar-refractivity contribution in [3.8, 4) is 0 Å². The fourth-order valence-electron chi connectivity index (χ4n) is 3.37. The lowest BCUT2D eigenvalue weighted by atomic mass is 9.77. The van der Waals surface area contributed by atoms with Gasteiger partial charge in [0, 0.05) is 17.0 Å². The summed E-state index contributed by atoms with van der Waals surface area (Å²) in [6.07, 6.45) is 0.610. The van der Waals surface area contributed by atoms with E-state index >= 15 is 0 Å². The Morgan fingerprint density at radius 1 is 0.848 bits per heavy atom. The molecule has 0 aliphatic rings. The molecule has 0 amide bonds. The van der Waals surface area contributed by atoms with Crippen LogP contribution in [0.5, 0.6) is 0 Å². The molecule has 2 aromatic rings. The van der Waals surface area contributed by atoms with E-state index in [1.54, 1.807) is 46.8 Å². The predicted molar refractivity (Wildman–Crippen MR) is 129 cm³/mol. The fourth-order valence-corrected chi connectivity index (χ4v) is 3.50. The van der Waals surface area contributed by atoms with Crippen LogP contribution >= 0.6 is 11.6 Å². The Bertz CT molecular complexity index is 969. The van der Waals surface area contributed by atoms with E-state index in [0.717, 1.165) is 11.1 Å². The van der Waals surface area contributed by atoms with E-state index in [4.69, 9.17) is 21.1 Å². The quantitative estimate of drug-likeness (QED) is 0.236. The van der Waals surface area contributed by atoms with Crippen LogP contribution in [-0.2, 0) is 19.1 Å². The topological polar surface area (TPSA) is 69.7 Å². The van der Waals surface area contributed by atoms with E-state index in [-0.39, 0.29) is 18.1 Å². The van der Waals surface area contributed by atoms with Gasteiger partial charge in [-0.25, -0.2) is 0 Å². The lowest BCUT2D eigenvalue weighted by Crippen LogP contribution is -2.31. The fraction of sp³-hybridized carbons (Fsp3) is 0.444. The number of rotatable bonds is 9. The van der Waals surface area contributed by atoms with Crippen molar-refractivity contribution in [2.24, 2.45) is 10.8 Å². The van der Waals surface area contributed by atoms with E-state index < -0.39 is 29.6 Å². The van der Waals surface area contributed by atoms with Gasteiger partial charge in [0.25, 0.3) is 0 Å². The molecule has 0 bridgehead atoms. The highest BCUT2D eigenvalue weighted by atomic mass is 35.5. The molecular formula is C27H33ClO5. The van der Waals surface area contributed by atoms with Crippen LogP contribution in [0.25, 0.3) is 0 Å². The van der Waals surface area contributed by atoms with Gasteiger partial charge in [-0.3, -0.25) is 14.4 Å². The lowest BCUT2D eigenvalue weighted by Gasteiger charge is -2.28. The van der Waals surface area contributed by atoms with E-state index in [2.05, 4.69) is 0 Å². The van der Waals surface area contributed by atoms with Gasteiger partial charge < -0.3 is 9.47 Å². The number of benzene rings is 2. The molecule has 0 saturated carbocycles. The van der Waals surface area contributed by atoms with Crippen LogP contribution in [0, 0.1) is 17.8 Å². The van der Waals surface area contributed by atoms with Crippen LogP contribution in [0.15, 0.2) is 48.5 Å². The molecule has 0 saturated heterocycles. The van der Waals surface area contributed by atoms with Gasteiger partial charge in [-0.05, 0) is 71.6 Å². The molecule has 2 rings (SSSR count). The van der Waals surface area contributed by atoms with Gasteiger partial charge in [-0.2, -0.15) is 0 Å². The van der Waals surface area contributed by atoms with Crippen molar-refractivity contribution < 1.29 is 23.9 Å². The third-order valence-electron chi connectivity index (χ3n) is 5.45. The Morgan fingerprint density at radius 2 is 1.39 bits per heavy atom. The maximum Gasteiger partial charge on any atom is 0.314 e. The summed E-state index contributed by atoms with van der Waals surface area (Å²) in [6.45, 7) is 10.2. The molecular weight excluding hydrogens is 440 g/mol. The second-order valence-electron chi connectivity index (χ2n) is 10.1. The number of halogens is 1. The van der Waals surface area contributed by atoms with Crippen LogP contribution in [0.4, 0.5) is 0 Å². The molecule has 0 aliphatic heterocycles. The molecule has 0 aliphatic carbocycles. The summed E-state index contributed by atoms with van der Waals surface area (Å²) < 4.78 is 10.3. The summed E-state index contributed by atoms with van der Waals surface area (Å²) in [5.74, 6) is -1.17. The molecule has 0 aromatic heterocycles. The SMILES string of the molecule is Cc1ccc(C(=O)CC(CC(C)(C)C(=O)OCOC(=O)C(C)(C)C)c2ccc(Cl)cc2)cc1. The standard InChI is InChI=1S/C27H33ClO5/c1-18-7-9-20(10-8-18)23(29)15-21(19-11-13-22(28)14-12-19)16-27(5,6)25(31)33-17-32-24(30)26(2,3)4/h7-14,21H,15-17H2,1-6H3. The molecule has 0 fully saturated rings. The summed E-state index contributed by atoms with van der Waals surface area (Å²) >= 11 is 6.05. The Morgan fingerprint density at radius 3 is 1.94 bits per heavy atom.